The summed E-state index contributed by atoms with van der Waals surface area (Å²) in [5, 5.41) is 4.31. The summed E-state index contributed by atoms with van der Waals surface area (Å²) in [4.78, 5) is 0. The lowest BCUT2D eigenvalue weighted by atomic mass is 10.0. The van der Waals surface area contributed by atoms with Gasteiger partial charge in [-0.2, -0.15) is 0 Å². The first kappa shape index (κ1) is 14.5. The highest BCUT2D eigenvalue weighted by molar-refractivity contribution is 6.30. The maximum atomic E-state index is 6.03. The number of hydrogen-bond donors (Lipinski definition) is 1. The fourth-order valence-electron chi connectivity index (χ4n) is 1.95. The minimum Gasteiger partial charge on any atom is -0.385 e. The van der Waals surface area contributed by atoms with Crippen LogP contribution in [0.1, 0.15) is 37.8 Å². The topological polar surface area (TPSA) is 21.3 Å². The lowest BCUT2D eigenvalue weighted by Gasteiger charge is -2.18. The van der Waals surface area contributed by atoms with E-state index in [0.29, 0.717) is 6.04 Å². The van der Waals surface area contributed by atoms with E-state index < -0.39 is 0 Å². The van der Waals surface area contributed by atoms with Crippen molar-refractivity contribution in [2.24, 2.45) is 0 Å². The Balaban J connectivity index is 2.52. The molecule has 1 atom stereocenters. The van der Waals surface area contributed by atoms with Crippen LogP contribution in [-0.4, -0.2) is 20.3 Å². The van der Waals surface area contributed by atoms with Gasteiger partial charge in [0.15, 0.2) is 0 Å². The van der Waals surface area contributed by atoms with Crippen molar-refractivity contribution in [3.05, 3.63) is 34.9 Å². The molecule has 17 heavy (non-hydrogen) atoms. The molecule has 0 aliphatic carbocycles. The summed E-state index contributed by atoms with van der Waals surface area (Å²) in [6.45, 7) is 3.95. The van der Waals surface area contributed by atoms with Crippen LogP contribution in [0.2, 0.25) is 5.02 Å². The second kappa shape index (κ2) is 8.51. The Morgan fingerprint density at radius 1 is 1.35 bits per heavy atom. The van der Waals surface area contributed by atoms with Crippen molar-refractivity contribution in [2.75, 3.05) is 20.3 Å². The zero-order valence-electron chi connectivity index (χ0n) is 10.7. The van der Waals surface area contributed by atoms with E-state index in [1.807, 2.05) is 18.2 Å². The van der Waals surface area contributed by atoms with Crippen molar-refractivity contribution >= 4 is 11.6 Å². The van der Waals surface area contributed by atoms with Crippen molar-refractivity contribution in [1.29, 1.82) is 0 Å². The summed E-state index contributed by atoms with van der Waals surface area (Å²) in [5.41, 5.74) is 1.27. The monoisotopic (exact) mass is 255 g/mol. The molecule has 0 spiro atoms. The van der Waals surface area contributed by atoms with Crippen molar-refractivity contribution in [3.8, 4) is 0 Å². The number of ether oxygens (including phenoxy) is 1. The van der Waals surface area contributed by atoms with Gasteiger partial charge in [-0.15, -0.1) is 0 Å². The molecule has 0 heterocycles. The Morgan fingerprint density at radius 2 is 2.18 bits per heavy atom. The fourth-order valence-corrected chi connectivity index (χ4v) is 2.15. The molecule has 0 bridgehead atoms. The van der Waals surface area contributed by atoms with E-state index in [-0.39, 0.29) is 0 Å². The van der Waals surface area contributed by atoms with Crippen molar-refractivity contribution in [1.82, 2.24) is 5.32 Å². The average Bonchev–Trinajstić information content (AvgIpc) is 2.33. The van der Waals surface area contributed by atoms with Gasteiger partial charge in [-0.05, 0) is 43.5 Å². The number of hydrogen-bond acceptors (Lipinski definition) is 2. The van der Waals surface area contributed by atoms with Crippen LogP contribution in [0, 0.1) is 0 Å². The highest BCUT2D eigenvalue weighted by Crippen LogP contribution is 2.22. The molecule has 1 rings (SSSR count). The van der Waals surface area contributed by atoms with Gasteiger partial charge >= 0.3 is 0 Å². The number of methoxy groups -OCH3 is 1. The van der Waals surface area contributed by atoms with Gasteiger partial charge in [-0.3, -0.25) is 0 Å². The molecule has 96 valence electrons. The van der Waals surface area contributed by atoms with E-state index in [4.69, 9.17) is 16.3 Å². The zero-order valence-corrected chi connectivity index (χ0v) is 11.5. The highest BCUT2D eigenvalue weighted by atomic mass is 35.5. The second-order valence-electron chi connectivity index (χ2n) is 4.15. The first-order valence-corrected chi connectivity index (χ1v) is 6.63. The van der Waals surface area contributed by atoms with Crippen LogP contribution >= 0.6 is 11.6 Å². The Hall–Kier alpha value is -0.570. The van der Waals surface area contributed by atoms with Crippen LogP contribution in [0.25, 0.3) is 0 Å². The summed E-state index contributed by atoms with van der Waals surface area (Å²) in [6.07, 6.45) is 3.40. The number of benzene rings is 1. The van der Waals surface area contributed by atoms with Gasteiger partial charge in [-0.1, -0.05) is 30.7 Å². The number of nitrogens with one attached hydrogen (secondary N) is 1. The molecule has 0 radical (unpaired) electrons. The Labute approximate surface area is 109 Å². The zero-order chi connectivity index (χ0) is 12.5. The van der Waals surface area contributed by atoms with Gasteiger partial charge in [0, 0.05) is 24.8 Å². The summed E-state index contributed by atoms with van der Waals surface area (Å²) in [7, 11) is 1.75. The summed E-state index contributed by atoms with van der Waals surface area (Å²) in [6, 6.07) is 8.51. The largest absolute Gasteiger partial charge is 0.385 e. The second-order valence-corrected chi connectivity index (χ2v) is 4.59. The van der Waals surface area contributed by atoms with Crippen molar-refractivity contribution in [3.63, 3.8) is 0 Å². The predicted molar refractivity (Wildman–Crippen MR) is 73.6 cm³/mol. The maximum Gasteiger partial charge on any atom is 0.0462 e. The minimum atomic E-state index is 0.399. The molecule has 3 heteroatoms. The highest BCUT2D eigenvalue weighted by Gasteiger charge is 2.09. The summed E-state index contributed by atoms with van der Waals surface area (Å²) < 4.78 is 5.07. The SMILES string of the molecule is CCNC(CCCCOC)c1cccc(Cl)c1. The molecule has 0 saturated carbocycles. The smallest absolute Gasteiger partial charge is 0.0462 e. The van der Waals surface area contributed by atoms with Crippen LogP contribution < -0.4 is 5.32 Å². The normalized spacial score (nSPS) is 12.6. The van der Waals surface area contributed by atoms with E-state index in [2.05, 4.69) is 18.3 Å². The molecule has 0 fully saturated rings. The number of rotatable bonds is 8. The van der Waals surface area contributed by atoms with Gasteiger partial charge in [-0.25, -0.2) is 0 Å². The summed E-state index contributed by atoms with van der Waals surface area (Å²) in [5.74, 6) is 0. The average molecular weight is 256 g/mol. The van der Waals surface area contributed by atoms with Gasteiger partial charge in [0.05, 0.1) is 0 Å². The molecule has 1 aromatic rings. The van der Waals surface area contributed by atoms with Crippen LogP contribution in [-0.2, 0) is 4.74 Å². The molecule has 0 aliphatic rings. The van der Waals surface area contributed by atoms with Gasteiger partial charge in [0.1, 0.15) is 0 Å². The first-order valence-electron chi connectivity index (χ1n) is 6.25. The Morgan fingerprint density at radius 3 is 2.82 bits per heavy atom. The Kier molecular flexibility index (Phi) is 7.25. The third-order valence-electron chi connectivity index (χ3n) is 2.79. The maximum absolute atomic E-state index is 6.03. The van der Waals surface area contributed by atoms with E-state index in [1.54, 1.807) is 7.11 Å². The van der Waals surface area contributed by atoms with Crippen LogP contribution in [0.3, 0.4) is 0 Å². The third-order valence-corrected chi connectivity index (χ3v) is 3.03. The molecule has 1 N–H and O–H groups in total. The number of unbranched alkanes of at least 4 members (excludes halogenated alkanes) is 1. The van der Waals surface area contributed by atoms with Crippen molar-refractivity contribution in [2.45, 2.75) is 32.2 Å². The number of halogens is 1. The van der Waals surface area contributed by atoms with Crippen LogP contribution in [0.5, 0.6) is 0 Å². The molecule has 0 amide bonds. The predicted octanol–water partition coefficient (Wildman–Crippen LogP) is 3.81. The molecule has 2 nitrogen and oxygen atoms in total. The molecular weight excluding hydrogens is 234 g/mol. The van der Waals surface area contributed by atoms with E-state index in [9.17, 15) is 0 Å². The minimum absolute atomic E-state index is 0.399. The van der Waals surface area contributed by atoms with Crippen LogP contribution in [0.4, 0.5) is 0 Å². The molecule has 0 saturated heterocycles. The van der Waals surface area contributed by atoms with E-state index in [0.717, 1.165) is 37.4 Å². The third kappa shape index (κ3) is 5.53. The van der Waals surface area contributed by atoms with Gasteiger partial charge in [0.2, 0.25) is 0 Å². The molecular formula is C14H22ClNO. The first-order chi connectivity index (χ1) is 8.27. The van der Waals surface area contributed by atoms with Crippen LogP contribution in [0.15, 0.2) is 24.3 Å². The molecule has 0 aromatic heterocycles. The quantitative estimate of drug-likeness (QED) is 0.714. The standard InChI is InChI=1S/C14H22ClNO/c1-3-16-14(9-4-5-10-17-2)12-7-6-8-13(15)11-12/h6-8,11,14,16H,3-5,9-10H2,1-2H3. The lowest BCUT2D eigenvalue weighted by Crippen LogP contribution is -2.20. The molecule has 1 aromatic carbocycles. The van der Waals surface area contributed by atoms with Gasteiger partial charge in [0.25, 0.3) is 0 Å². The molecule has 1 unspecified atom stereocenters. The van der Waals surface area contributed by atoms with E-state index in [1.165, 1.54) is 5.56 Å². The lowest BCUT2D eigenvalue weighted by molar-refractivity contribution is 0.191. The van der Waals surface area contributed by atoms with E-state index >= 15 is 0 Å². The summed E-state index contributed by atoms with van der Waals surface area (Å²) >= 11 is 6.03. The fraction of sp³-hybridized carbons (Fsp3) is 0.571. The van der Waals surface area contributed by atoms with Gasteiger partial charge < -0.3 is 10.1 Å². The molecule has 0 aliphatic heterocycles. The Bertz CT molecular complexity index is 317. The van der Waals surface area contributed by atoms with Crippen molar-refractivity contribution < 1.29 is 4.74 Å².